The van der Waals surface area contributed by atoms with Crippen molar-refractivity contribution in [3.8, 4) is 11.1 Å². The molecule has 0 aliphatic carbocycles. The molecule has 7 nitrogen and oxygen atoms in total. The second kappa shape index (κ2) is 8.90. The minimum atomic E-state index is -0.487. The number of benzene rings is 1. The van der Waals surface area contributed by atoms with Gasteiger partial charge in [0.1, 0.15) is 5.82 Å². The number of nitrogens with one attached hydrogen (secondary N) is 1. The van der Waals surface area contributed by atoms with Gasteiger partial charge in [-0.1, -0.05) is 25.1 Å². The highest BCUT2D eigenvalue weighted by atomic mass is 19.1. The van der Waals surface area contributed by atoms with Gasteiger partial charge in [0.05, 0.1) is 24.1 Å². The Morgan fingerprint density at radius 3 is 2.71 bits per heavy atom. The van der Waals surface area contributed by atoms with Crippen molar-refractivity contribution < 1.29 is 19.0 Å². The van der Waals surface area contributed by atoms with Gasteiger partial charge in [0, 0.05) is 50.0 Å². The summed E-state index contributed by atoms with van der Waals surface area (Å²) in [5.74, 6) is -1.39. The van der Waals surface area contributed by atoms with Crippen LogP contribution in [0.2, 0.25) is 0 Å². The van der Waals surface area contributed by atoms with Crippen LogP contribution in [0.25, 0.3) is 11.1 Å². The second-order valence-corrected chi connectivity index (χ2v) is 8.07. The number of nitrogens with zero attached hydrogens (tertiary/aromatic N) is 2. The van der Waals surface area contributed by atoms with E-state index in [1.165, 1.54) is 6.07 Å². The molecule has 4 rings (SSSR count). The molecular formula is C23H28FN3O4. The highest BCUT2D eigenvalue weighted by molar-refractivity contribution is 5.80. The second-order valence-electron chi connectivity index (χ2n) is 8.07. The maximum atomic E-state index is 14.3. The minimum Gasteiger partial charge on any atom is -0.396 e. The molecule has 2 aliphatic heterocycles. The summed E-state index contributed by atoms with van der Waals surface area (Å²) in [6.07, 6.45) is 0. The summed E-state index contributed by atoms with van der Waals surface area (Å²) < 4.78 is 21.0. The standard InChI is InChI=1S/C23H28FN3O4/c1-3-26-19-12-27-18(9-8-15(23(27)30)14-6-4-5-7-17(14)24)21(26)20(16(19)13-28)22(29)25-10-11-31-2/h4-9,16,19-21,28H,3,10-13H2,1-2H3,(H,25,29)/t16-,19-,20+,21+/m1/s1. The Hall–Kier alpha value is -2.55. The number of aliphatic hydroxyl groups is 1. The van der Waals surface area contributed by atoms with Gasteiger partial charge in [0.2, 0.25) is 5.91 Å². The molecular weight excluding hydrogens is 401 g/mol. The van der Waals surface area contributed by atoms with Crippen molar-refractivity contribution in [1.29, 1.82) is 0 Å². The zero-order chi connectivity index (χ0) is 22.1. The molecule has 1 aromatic carbocycles. The molecule has 8 heteroatoms. The third-order valence-electron chi connectivity index (χ3n) is 6.61. The van der Waals surface area contributed by atoms with Gasteiger partial charge in [-0.3, -0.25) is 14.5 Å². The quantitative estimate of drug-likeness (QED) is 0.650. The van der Waals surface area contributed by atoms with Crippen molar-refractivity contribution >= 4 is 5.91 Å². The zero-order valence-corrected chi connectivity index (χ0v) is 17.8. The number of rotatable bonds is 7. The van der Waals surface area contributed by atoms with Crippen LogP contribution in [0.3, 0.4) is 0 Å². The van der Waals surface area contributed by atoms with E-state index in [1.54, 1.807) is 35.9 Å². The smallest absolute Gasteiger partial charge is 0.258 e. The number of methoxy groups -OCH3 is 1. The number of carbonyl (C=O) groups is 1. The third-order valence-corrected chi connectivity index (χ3v) is 6.61. The fraction of sp³-hybridized carbons (Fsp3) is 0.478. The molecule has 3 heterocycles. The first kappa shape index (κ1) is 21.7. The van der Waals surface area contributed by atoms with Gasteiger partial charge < -0.3 is 19.7 Å². The first-order valence-electron chi connectivity index (χ1n) is 10.6. The topological polar surface area (TPSA) is 83.8 Å². The van der Waals surface area contributed by atoms with Gasteiger partial charge in [-0.25, -0.2) is 4.39 Å². The molecule has 0 radical (unpaired) electrons. The molecule has 2 aliphatic rings. The molecule has 2 N–H and O–H groups in total. The molecule has 1 fully saturated rings. The van der Waals surface area contributed by atoms with Crippen molar-refractivity contribution in [2.75, 3.05) is 33.4 Å². The van der Waals surface area contributed by atoms with Crippen LogP contribution >= 0.6 is 0 Å². The Morgan fingerprint density at radius 2 is 2.03 bits per heavy atom. The largest absolute Gasteiger partial charge is 0.396 e. The van der Waals surface area contributed by atoms with Crippen LogP contribution in [0.1, 0.15) is 18.7 Å². The summed E-state index contributed by atoms with van der Waals surface area (Å²) in [6, 6.07) is 9.21. The van der Waals surface area contributed by atoms with Gasteiger partial charge in [0.25, 0.3) is 5.56 Å². The highest BCUT2D eigenvalue weighted by Crippen LogP contribution is 2.48. The normalized spacial score (nSPS) is 24.8. The lowest BCUT2D eigenvalue weighted by Gasteiger charge is -2.37. The van der Waals surface area contributed by atoms with E-state index in [1.807, 2.05) is 13.0 Å². The van der Waals surface area contributed by atoms with Crippen LogP contribution in [0.15, 0.2) is 41.2 Å². The highest BCUT2D eigenvalue weighted by Gasteiger charge is 2.55. The Balaban J connectivity index is 1.78. The minimum absolute atomic E-state index is 0.150. The Kier molecular flexibility index (Phi) is 6.22. The van der Waals surface area contributed by atoms with Crippen LogP contribution in [-0.4, -0.2) is 59.9 Å². The molecule has 0 spiro atoms. The van der Waals surface area contributed by atoms with Crippen molar-refractivity contribution in [1.82, 2.24) is 14.8 Å². The van der Waals surface area contributed by atoms with Gasteiger partial charge >= 0.3 is 0 Å². The number of ether oxygens (including phenoxy) is 1. The number of amides is 1. The van der Waals surface area contributed by atoms with Gasteiger partial charge in [-0.2, -0.15) is 0 Å². The van der Waals surface area contributed by atoms with Crippen molar-refractivity contribution in [3.05, 3.63) is 58.3 Å². The Morgan fingerprint density at radius 1 is 1.26 bits per heavy atom. The summed E-state index contributed by atoms with van der Waals surface area (Å²) in [6.45, 7) is 3.69. The summed E-state index contributed by atoms with van der Waals surface area (Å²) in [7, 11) is 1.57. The number of aliphatic hydroxyl groups excluding tert-OH is 1. The summed E-state index contributed by atoms with van der Waals surface area (Å²) in [5, 5.41) is 13.1. The van der Waals surface area contributed by atoms with Crippen LogP contribution in [0.4, 0.5) is 4.39 Å². The van der Waals surface area contributed by atoms with E-state index in [-0.39, 0.29) is 41.6 Å². The van der Waals surface area contributed by atoms with Crippen molar-refractivity contribution in [2.45, 2.75) is 25.6 Å². The average Bonchev–Trinajstić information content (AvgIpc) is 3.00. The fourth-order valence-electron chi connectivity index (χ4n) is 5.24. The predicted octanol–water partition coefficient (Wildman–Crippen LogP) is 1.40. The maximum absolute atomic E-state index is 14.3. The molecule has 2 bridgehead atoms. The molecule has 0 unspecified atom stereocenters. The van der Waals surface area contributed by atoms with Crippen LogP contribution < -0.4 is 10.9 Å². The van der Waals surface area contributed by atoms with Gasteiger partial charge in [0.15, 0.2) is 0 Å². The molecule has 1 saturated heterocycles. The molecule has 1 amide bonds. The number of hydrogen-bond donors (Lipinski definition) is 2. The number of halogens is 1. The number of likely N-dealkylation sites (N-methyl/N-ethyl adjacent to an activating group) is 1. The van der Waals surface area contributed by atoms with Crippen LogP contribution in [0.5, 0.6) is 0 Å². The van der Waals surface area contributed by atoms with E-state index in [9.17, 15) is 19.1 Å². The van der Waals surface area contributed by atoms with E-state index in [2.05, 4.69) is 10.2 Å². The number of carbonyl (C=O) groups excluding carboxylic acids is 1. The number of pyridine rings is 1. The van der Waals surface area contributed by atoms with E-state index < -0.39 is 11.7 Å². The number of hydrogen-bond acceptors (Lipinski definition) is 5. The summed E-state index contributed by atoms with van der Waals surface area (Å²) in [4.78, 5) is 28.6. The molecule has 166 valence electrons. The van der Waals surface area contributed by atoms with E-state index >= 15 is 0 Å². The van der Waals surface area contributed by atoms with Crippen molar-refractivity contribution in [3.63, 3.8) is 0 Å². The molecule has 1 aromatic heterocycles. The molecule has 31 heavy (non-hydrogen) atoms. The van der Waals surface area contributed by atoms with E-state index in [0.29, 0.717) is 31.8 Å². The van der Waals surface area contributed by atoms with Crippen molar-refractivity contribution in [2.24, 2.45) is 11.8 Å². The third kappa shape index (κ3) is 3.58. The first-order valence-corrected chi connectivity index (χ1v) is 10.6. The Labute approximate surface area is 180 Å². The van der Waals surface area contributed by atoms with Crippen LogP contribution in [-0.2, 0) is 16.1 Å². The number of aromatic nitrogens is 1. The monoisotopic (exact) mass is 429 g/mol. The van der Waals surface area contributed by atoms with E-state index in [0.717, 1.165) is 5.69 Å². The lowest BCUT2D eigenvalue weighted by Crippen LogP contribution is -2.46. The lowest BCUT2D eigenvalue weighted by molar-refractivity contribution is -0.127. The molecule has 2 aromatic rings. The van der Waals surface area contributed by atoms with Gasteiger partial charge in [-0.15, -0.1) is 0 Å². The predicted molar refractivity (Wildman–Crippen MR) is 114 cm³/mol. The summed E-state index contributed by atoms with van der Waals surface area (Å²) in [5.41, 5.74) is 1.02. The first-order chi connectivity index (χ1) is 15.0. The summed E-state index contributed by atoms with van der Waals surface area (Å²) >= 11 is 0. The SMILES string of the molecule is CCN1[C@@H]2Cn3c(ccc(-c4ccccc4F)c3=O)[C@H]1[C@@H](C(=O)NCCOC)[C@@H]2CO. The zero-order valence-electron chi connectivity index (χ0n) is 17.8. The Bertz CT molecular complexity index is 1020. The van der Waals surface area contributed by atoms with E-state index in [4.69, 9.17) is 4.74 Å². The van der Waals surface area contributed by atoms with Gasteiger partial charge in [-0.05, 0) is 24.7 Å². The maximum Gasteiger partial charge on any atom is 0.258 e. The average molecular weight is 429 g/mol. The molecule has 4 atom stereocenters. The van der Waals surface area contributed by atoms with Crippen LogP contribution in [0, 0.1) is 17.7 Å². The number of fused-ring (bicyclic) bond motifs is 4. The lowest BCUT2D eigenvalue weighted by atomic mass is 9.86. The molecule has 0 saturated carbocycles. The fourth-order valence-corrected chi connectivity index (χ4v) is 5.24.